The molecule has 4 heteroatoms. The average Bonchev–Trinajstić information content (AvgIpc) is 2.84. The van der Waals surface area contributed by atoms with Crippen LogP contribution in [0, 0.1) is 12.8 Å². The summed E-state index contributed by atoms with van der Waals surface area (Å²) in [6.45, 7) is 8.43. The van der Waals surface area contributed by atoms with E-state index in [1.54, 1.807) is 0 Å². The highest BCUT2D eigenvalue weighted by Crippen LogP contribution is 2.44. The number of fused-ring (bicyclic) bond motifs is 2. The molecule has 2 aliphatic rings. The van der Waals surface area contributed by atoms with E-state index in [9.17, 15) is 0 Å². The molecule has 1 unspecified atom stereocenters. The number of aromatic nitrogens is 1. The quantitative estimate of drug-likeness (QED) is 0.528. The SMILES string of the molecule is CC.Cc1ccc2c(c1Br)CCc1cc(Br)cnc1C2C1CCNCC1. The molecule has 0 bridgehead atoms. The predicted octanol–water partition coefficient (Wildman–Crippen LogP) is 6.17. The number of halogens is 2. The Hall–Kier alpha value is -0.710. The van der Waals surface area contributed by atoms with Crippen LogP contribution in [0.5, 0.6) is 0 Å². The van der Waals surface area contributed by atoms with Crippen molar-refractivity contribution in [1.29, 1.82) is 0 Å². The number of benzene rings is 1. The number of pyridine rings is 1. The number of aryl methyl sites for hydroxylation is 2. The lowest BCUT2D eigenvalue weighted by Crippen LogP contribution is -2.32. The molecular weight excluding hydrogens is 452 g/mol. The highest BCUT2D eigenvalue weighted by molar-refractivity contribution is 9.10. The lowest BCUT2D eigenvalue weighted by atomic mass is 9.76. The maximum atomic E-state index is 4.90. The van der Waals surface area contributed by atoms with Crippen LogP contribution >= 0.6 is 31.9 Å². The molecule has 2 nitrogen and oxygen atoms in total. The molecule has 1 aliphatic carbocycles. The molecule has 0 amide bonds. The van der Waals surface area contributed by atoms with Crippen LogP contribution in [-0.4, -0.2) is 18.1 Å². The van der Waals surface area contributed by atoms with Gasteiger partial charge in [-0.15, -0.1) is 0 Å². The molecule has 2 heterocycles. The third-order valence-electron chi connectivity index (χ3n) is 5.57. The number of piperidine rings is 1. The first-order valence-electron chi connectivity index (χ1n) is 9.78. The van der Waals surface area contributed by atoms with Gasteiger partial charge < -0.3 is 5.32 Å². The van der Waals surface area contributed by atoms with Crippen LogP contribution in [0.1, 0.15) is 60.6 Å². The zero-order valence-corrected chi connectivity index (χ0v) is 19.1. The van der Waals surface area contributed by atoms with Gasteiger partial charge in [-0.3, -0.25) is 4.98 Å². The minimum absolute atomic E-state index is 0.421. The normalized spacial score (nSPS) is 19.7. The van der Waals surface area contributed by atoms with E-state index in [4.69, 9.17) is 4.98 Å². The maximum Gasteiger partial charge on any atom is 0.0514 e. The third-order valence-corrected chi connectivity index (χ3v) is 7.11. The van der Waals surface area contributed by atoms with E-state index >= 15 is 0 Å². The molecule has 0 saturated carbocycles. The second-order valence-electron chi connectivity index (χ2n) is 7.03. The summed E-state index contributed by atoms with van der Waals surface area (Å²) in [4.78, 5) is 4.90. The first-order chi connectivity index (χ1) is 12.6. The van der Waals surface area contributed by atoms with Crippen molar-refractivity contribution in [2.75, 3.05) is 13.1 Å². The van der Waals surface area contributed by atoms with Crippen LogP contribution in [0.2, 0.25) is 0 Å². The molecule has 1 N–H and O–H groups in total. The number of hydrogen-bond donors (Lipinski definition) is 1. The third kappa shape index (κ3) is 3.93. The minimum atomic E-state index is 0.421. The molecule has 1 aromatic heterocycles. The average molecular weight is 480 g/mol. The molecule has 0 radical (unpaired) electrons. The molecule has 1 saturated heterocycles. The van der Waals surface area contributed by atoms with Gasteiger partial charge in [0.1, 0.15) is 0 Å². The van der Waals surface area contributed by atoms with Gasteiger partial charge >= 0.3 is 0 Å². The van der Waals surface area contributed by atoms with Crippen molar-refractivity contribution in [3.8, 4) is 0 Å². The van der Waals surface area contributed by atoms with Crippen molar-refractivity contribution in [1.82, 2.24) is 10.3 Å². The van der Waals surface area contributed by atoms with Crippen molar-refractivity contribution in [3.05, 3.63) is 61.3 Å². The predicted molar refractivity (Wildman–Crippen MR) is 117 cm³/mol. The molecule has 1 fully saturated rings. The van der Waals surface area contributed by atoms with Gasteiger partial charge in [-0.1, -0.05) is 41.9 Å². The van der Waals surface area contributed by atoms with Gasteiger partial charge in [0.05, 0.1) is 5.69 Å². The standard InChI is InChI=1S/C20H22Br2N2.C2H6/c1-12-2-4-16-17(19(12)22)5-3-14-10-15(21)11-24-20(14)18(16)13-6-8-23-9-7-13;1-2/h2,4,10-11,13,18,23H,3,5-9H2,1H3;1-2H3. The lowest BCUT2D eigenvalue weighted by molar-refractivity contribution is 0.338. The number of nitrogens with zero attached hydrogens (tertiary/aromatic N) is 1. The Labute approximate surface area is 174 Å². The van der Waals surface area contributed by atoms with E-state index in [2.05, 4.69) is 62.3 Å². The Morgan fingerprint density at radius 1 is 1.08 bits per heavy atom. The van der Waals surface area contributed by atoms with Crippen molar-refractivity contribution in [3.63, 3.8) is 0 Å². The van der Waals surface area contributed by atoms with Gasteiger partial charge in [0, 0.05) is 21.1 Å². The summed E-state index contributed by atoms with van der Waals surface area (Å²) < 4.78 is 2.39. The van der Waals surface area contributed by atoms with Gasteiger partial charge in [-0.25, -0.2) is 0 Å². The van der Waals surface area contributed by atoms with Crippen LogP contribution in [0.15, 0.2) is 33.3 Å². The van der Waals surface area contributed by atoms with Crippen LogP contribution in [0.25, 0.3) is 0 Å². The lowest BCUT2D eigenvalue weighted by Gasteiger charge is -2.32. The molecule has 4 rings (SSSR count). The Bertz CT molecular complexity index is 767. The van der Waals surface area contributed by atoms with Crippen molar-refractivity contribution < 1.29 is 0 Å². The van der Waals surface area contributed by atoms with Gasteiger partial charge in [0.2, 0.25) is 0 Å². The summed E-state index contributed by atoms with van der Waals surface area (Å²) in [7, 11) is 0. The largest absolute Gasteiger partial charge is 0.317 e. The fourth-order valence-corrected chi connectivity index (χ4v) is 5.27. The Morgan fingerprint density at radius 2 is 1.81 bits per heavy atom. The minimum Gasteiger partial charge on any atom is -0.317 e. The Morgan fingerprint density at radius 3 is 2.54 bits per heavy atom. The van der Waals surface area contributed by atoms with E-state index in [-0.39, 0.29) is 0 Å². The van der Waals surface area contributed by atoms with E-state index in [1.807, 2.05) is 20.0 Å². The molecular formula is C22H28Br2N2. The Balaban J connectivity index is 0.000000948. The number of nitrogens with one attached hydrogen (secondary N) is 1. The number of rotatable bonds is 1. The smallest absolute Gasteiger partial charge is 0.0514 e. The van der Waals surface area contributed by atoms with Gasteiger partial charge in [-0.2, -0.15) is 0 Å². The fourth-order valence-electron chi connectivity index (χ4n) is 4.33. The molecule has 1 aromatic carbocycles. The van der Waals surface area contributed by atoms with Gasteiger partial charge in [-0.05, 0) is 95.9 Å². The van der Waals surface area contributed by atoms with Crippen molar-refractivity contribution in [2.45, 2.75) is 52.4 Å². The second kappa shape index (κ2) is 8.99. The molecule has 26 heavy (non-hydrogen) atoms. The van der Waals surface area contributed by atoms with E-state index < -0.39 is 0 Å². The van der Waals surface area contributed by atoms with Gasteiger partial charge in [0.15, 0.2) is 0 Å². The molecule has 1 aliphatic heterocycles. The highest BCUT2D eigenvalue weighted by Gasteiger charge is 2.33. The van der Waals surface area contributed by atoms with Crippen molar-refractivity contribution >= 4 is 31.9 Å². The van der Waals surface area contributed by atoms with Crippen LogP contribution in [-0.2, 0) is 12.8 Å². The summed E-state index contributed by atoms with van der Waals surface area (Å²) >= 11 is 7.48. The van der Waals surface area contributed by atoms with Gasteiger partial charge in [0.25, 0.3) is 0 Å². The molecule has 0 spiro atoms. The molecule has 1 atom stereocenters. The topological polar surface area (TPSA) is 24.9 Å². The zero-order valence-electron chi connectivity index (χ0n) is 15.9. The van der Waals surface area contributed by atoms with E-state index in [0.29, 0.717) is 11.8 Å². The van der Waals surface area contributed by atoms with Crippen LogP contribution in [0.4, 0.5) is 0 Å². The second-order valence-corrected chi connectivity index (χ2v) is 8.74. The van der Waals surface area contributed by atoms with Crippen LogP contribution < -0.4 is 5.32 Å². The Kier molecular flexibility index (Phi) is 6.92. The first-order valence-corrected chi connectivity index (χ1v) is 11.4. The summed E-state index contributed by atoms with van der Waals surface area (Å²) in [6.07, 6.45) is 6.59. The van der Waals surface area contributed by atoms with Crippen molar-refractivity contribution in [2.24, 2.45) is 5.92 Å². The fraction of sp³-hybridized carbons (Fsp3) is 0.500. The van der Waals surface area contributed by atoms with E-state index in [1.165, 1.54) is 45.3 Å². The summed E-state index contributed by atoms with van der Waals surface area (Å²) in [5.74, 6) is 1.09. The van der Waals surface area contributed by atoms with Crippen LogP contribution in [0.3, 0.4) is 0 Å². The highest BCUT2D eigenvalue weighted by atomic mass is 79.9. The zero-order chi connectivity index (χ0) is 18.7. The maximum absolute atomic E-state index is 4.90. The number of hydrogen-bond acceptors (Lipinski definition) is 2. The summed E-state index contributed by atoms with van der Waals surface area (Å²) in [6, 6.07) is 6.91. The molecule has 140 valence electrons. The summed E-state index contributed by atoms with van der Waals surface area (Å²) in [5, 5.41) is 3.51. The monoisotopic (exact) mass is 478 g/mol. The molecule has 2 aromatic rings. The van der Waals surface area contributed by atoms with E-state index in [0.717, 1.165) is 30.4 Å². The first kappa shape index (κ1) is 20.0. The summed E-state index contributed by atoms with van der Waals surface area (Å²) in [5.41, 5.74) is 7.03.